The van der Waals surface area contributed by atoms with Crippen LogP contribution in [0.3, 0.4) is 0 Å². The molecular weight excluding hydrogens is 322 g/mol. The van der Waals surface area contributed by atoms with Gasteiger partial charge in [-0.15, -0.1) is 0 Å². The summed E-state index contributed by atoms with van der Waals surface area (Å²) in [5.41, 5.74) is 2.94. The molecule has 5 heteroatoms. The lowest BCUT2D eigenvalue weighted by Gasteiger charge is -2.17. The molecule has 0 radical (unpaired) electrons. The van der Waals surface area contributed by atoms with Crippen molar-refractivity contribution in [3.8, 4) is 0 Å². The maximum atomic E-state index is 12.7. The summed E-state index contributed by atoms with van der Waals surface area (Å²) < 4.78 is 33.7. The first-order valence-electron chi connectivity index (χ1n) is 7.65. The molecule has 0 saturated heterocycles. The van der Waals surface area contributed by atoms with E-state index in [0.717, 1.165) is 16.7 Å². The van der Waals surface area contributed by atoms with E-state index >= 15 is 0 Å². The Balaban J connectivity index is 1.97. The van der Waals surface area contributed by atoms with Gasteiger partial charge in [-0.25, -0.2) is 8.42 Å². The monoisotopic (exact) mass is 341 g/mol. The second-order valence-corrected chi connectivity index (χ2v) is 7.51. The van der Waals surface area contributed by atoms with Gasteiger partial charge in [-0.2, -0.15) is 4.72 Å². The number of aryl methyl sites for hydroxylation is 2. The zero-order valence-corrected chi connectivity index (χ0v) is 14.4. The van der Waals surface area contributed by atoms with Crippen LogP contribution in [0.2, 0.25) is 0 Å². The van der Waals surface area contributed by atoms with Crippen LogP contribution in [0.15, 0.2) is 76.2 Å². The molecule has 1 aromatic heterocycles. The number of hydrogen-bond donors (Lipinski definition) is 1. The van der Waals surface area contributed by atoms with Gasteiger partial charge in [0.15, 0.2) is 0 Å². The highest BCUT2D eigenvalue weighted by Gasteiger charge is 2.24. The Morgan fingerprint density at radius 3 is 2.00 bits per heavy atom. The average Bonchev–Trinajstić information content (AvgIpc) is 3.08. The lowest BCUT2D eigenvalue weighted by molar-refractivity contribution is 0.471. The summed E-state index contributed by atoms with van der Waals surface area (Å²) in [6.45, 7) is 3.91. The van der Waals surface area contributed by atoms with Gasteiger partial charge in [-0.05, 0) is 43.7 Å². The van der Waals surface area contributed by atoms with E-state index in [1.54, 1.807) is 36.4 Å². The van der Waals surface area contributed by atoms with Crippen molar-refractivity contribution in [2.24, 2.45) is 0 Å². The predicted octanol–water partition coefficient (Wildman–Crippen LogP) is 3.96. The van der Waals surface area contributed by atoms with Crippen LogP contribution < -0.4 is 4.72 Å². The summed E-state index contributed by atoms with van der Waals surface area (Å²) in [6.07, 6.45) is 1.54. The molecule has 124 valence electrons. The van der Waals surface area contributed by atoms with Gasteiger partial charge in [-0.3, -0.25) is 0 Å². The SMILES string of the molecule is Cc1ccc([C@H](NS(=O)(=O)c2ccc(C)cc2)c2ccco2)cc1. The molecule has 1 heterocycles. The molecule has 0 spiro atoms. The van der Waals surface area contributed by atoms with Crippen LogP contribution in [0, 0.1) is 13.8 Å². The summed E-state index contributed by atoms with van der Waals surface area (Å²) >= 11 is 0. The standard InChI is InChI=1S/C19H19NO3S/c1-14-5-9-16(10-6-14)19(18-4-3-13-23-18)20-24(21,22)17-11-7-15(2)8-12-17/h3-13,19-20H,1-2H3/t19-/m0/s1. The molecule has 2 aromatic carbocycles. The van der Waals surface area contributed by atoms with Crippen molar-refractivity contribution >= 4 is 10.0 Å². The second kappa shape index (κ2) is 6.63. The number of rotatable bonds is 5. The van der Waals surface area contributed by atoms with E-state index in [1.807, 2.05) is 38.1 Å². The molecule has 0 aliphatic heterocycles. The fraction of sp³-hybridized carbons (Fsp3) is 0.158. The highest BCUT2D eigenvalue weighted by atomic mass is 32.2. The minimum absolute atomic E-state index is 0.233. The fourth-order valence-corrected chi connectivity index (χ4v) is 3.64. The molecule has 0 saturated carbocycles. The summed E-state index contributed by atoms with van der Waals surface area (Å²) in [7, 11) is -3.67. The topological polar surface area (TPSA) is 59.3 Å². The molecule has 1 N–H and O–H groups in total. The minimum atomic E-state index is -3.67. The third-order valence-electron chi connectivity index (χ3n) is 3.84. The molecule has 0 amide bonds. The van der Waals surface area contributed by atoms with E-state index in [2.05, 4.69) is 4.72 Å². The Morgan fingerprint density at radius 1 is 0.875 bits per heavy atom. The lowest BCUT2D eigenvalue weighted by Crippen LogP contribution is -2.29. The van der Waals surface area contributed by atoms with Crippen molar-refractivity contribution in [3.05, 3.63) is 89.4 Å². The first-order chi connectivity index (χ1) is 11.5. The predicted molar refractivity (Wildman–Crippen MR) is 93.2 cm³/mol. The van der Waals surface area contributed by atoms with Crippen molar-refractivity contribution < 1.29 is 12.8 Å². The Morgan fingerprint density at radius 2 is 1.46 bits per heavy atom. The lowest BCUT2D eigenvalue weighted by atomic mass is 10.0. The third kappa shape index (κ3) is 3.58. The van der Waals surface area contributed by atoms with Gasteiger partial charge in [0.05, 0.1) is 11.2 Å². The zero-order chi connectivity index (χ0) is 17.2. The molecule has 0 aliphatic carbocycles. The van der Waals surface area contributed by atoms with E-state index in [1.165, 1.54) is 6.26 Å². The van der Waals surface area contributed by atoms with Crippen LogP contribution in [0.4, 0.5) is 0 Å². The Kier molecular flexibility index (Phi) is 4.55. The summed E-state index contributed by atoms with van der Waals surface area (Å²) in [6, 6.07) is 17.4. The van der Waals surface area contributed by atoms with Crippen LogP contribution in [-0.2, 0) is 10.0 Å². The molecule has 3 rings (SSSR count). The van der Waals surface area contributed by atoms with Gasteiger partial charge < -0.3 is 4.42 Å². The van der Waals surface area contributed by atoms with Gasteiger partial charge in [0, 0.05) is 0 Å². The maximum Gasteiger partial charge on any atom is 0.241 e. The van der Waals surface area contributed by atoms with Crippen molar-refractivity contribution in [1.82, 2.24) is 4.72 Å². The minimum Gasteiger partial charge on any atom is -0.467 e. The van der Waals surface area contributed by atoms with Gasteiger partial charge in [0.25, 0.3) is 0 Å². The highest BCUT2D eigenvalue weighted by molar-refractivity contribution is 7.89. The Labute approximate surface area is 142 Å². The van der Waals surface area contributed by atoms with E-state index < -0.39 is 16.1 Å². The van der Waals surface area contributed by atoms with Crippen molar-refractivity contribution in [2.45, 2.75) is 24.8 Å². The average molecular weight is 341 g/mol. The Bertz CT molecular complexity index is 896. The molecule has 1 atom stereocenters. The van der Waals surface area contributed by atoms with Crippen LogP contribution in [0.5, 0.6) is 0 Å². The van der Waals surface area contributed by atoms with Crippen LogP contribution in [-0.4, -0.2) is 8.42 Å². The van der Waals surface area contributed by atoms with E-state index in [-0.39, 0.29) is 4.90 Å². The highest BCUT2D eigenvalue weighted by Crippen LogP contribution is 2.25. The van der Waals surface area contributed by atoms with E-state index in [9.17, 15) is 8.42 Å². The Hall–Kier alpha value is -2.37. The van der Waals surface area contributed by atoms with Gasteiger partial charge >= 0.3 is 0 Å². The molecule has 24 heavy (non-hydrogen) atoms. The molecule has 3 aromatic rings. The number of furan rings is 1. The van der Waals surface area contributed by atoms with Gasteiger partial charge in [-0.1, -0.05) is 47.5 Å². The quantitative estimate of drug-likeness (QED) is 0.764. The molecule has 0 bridgehead atoms. The van der Waals surface area contributed by atoms with Crippen molar-refractivity contribution in [1.29, 1.82) is 0 Å². The largest absolute Gasteiger partial charge is 0.467 e. The summed E-state index contributed by atoms with van der Waals surface area (Å²) in [4.78, 5) is 0.233. The number of sulfonamides is 1. The van der Waals surface area contributed by atoms with Crippen molar-refractivity contribution in [2.75, 3.05) is 0 Å². The van der Waals surface area contributed by atoms with Gasteiger partial charge in [0.2, 0.25) is 10.0 Å². The smallest absolute Gasteiger partial charge is 0.241 e. The third-order valence-corrected chi connectivity index (χ3v) is 5.28. The zero-order valence-electron chi connectivity index (χ0n) is 13.6. The summed E-state index contributed by atoms with van der Waals surface area (Å²) in [5, 5.41) is 0. The van der Waals surface area contributed by atoms with Crippen LogP contribution >= 0.6 is 0 Å². The molecule has 4 nitrogen and oxygen atoms in total. The van der Waals surface area contributed by atoms with E-state index in [0.29, 0.717) is 5.76 Å². The number of nitrogens with one attached hydrogen (secondary N) is 1. The van der Waals surface area contributed by atoms with Gasteiger partial charge in [0.1, 0.15) is 11.8 Å². The van der Waals surface area contributed by atoms with E-state index in [4.69, 9.17) is 4.42 Å². The number of benzene rings is 2. The first kappa shape index (κ1) is 16.5. The number of hydrogen-bond acceptors (Lipinski definition) is 3. The normalized spacial score (nSPS) is 12.9. The molecule has 0 aliphatic rings. The summed E-state index contributed by atoms with van der Waals surface area (Å²) in [5.74, 6) is 0.550. The molecule has 0 unspecified atom stereocenters. The molecular formula is C19H19NO3S. The first-order valence-corrected chi connectivity index (χ1v) is 9.13. The van der Waals surface area contributed by atoms with Crippen LogP contribution in [0.25, 0.3) is 0 Å². The fourth-order valence-electron chi connectivity index (χ4n) is 2.45. The second-order valence-electron chi connectivity index (χ2n) is 5.79. The van der Waals surface area contributed by atoms with Crippen LogP contribution in [0.1, 0.15) is 28.5 Å². The van der Waals surface area contributed by atoms with Crippen molar-refractivity contribution in [3.63, 3.8) is 0 Å². The molecule has 0 fully saturated rings. The maximum absolute atomic E-state index is 12.7.